The first-order valence-corrected chi connectivity index (χ1v) is 8.94. The lowest BCUT2D eigenvalue weighted by atomic mass is 10.1. The highest BCUT2D eigenvalue weighted by molar-refractivity contribution is 7.80. The zero-order chi connectivity index (χ0) is 21.3. The quantitative estimate of drug-likeness (QED) is 0.408. The van der Waals surface area contributed by atoms with Gasteiger partial charge in [-0.2, -0.15) is 0 Å². The van der Waals surface area contributed by atoms with Crippen LogP contribution in [0.5, 0.6) is 5.75 Å². The Morgan fingerprint density at radius 2 is 1.72 bits per heavy atom. The van der Waals surface area contributed by atoms with Crippen molar-refractivity contribution >= 4 is 64.1 Å². The third-order valence-corrected chi connectivity index (χ3v) is 4.51. The number of carbonyl (C=O) groups is 2. The van der Waals surface area contributed by atoms with Gasteiger partial charge in [0, 0.05) is 5.02 Å². The number of nitrogens with one attached hydrogen (secondary N) is 1. The van der Waals surface area contributed by atoms with Crippen LogP contribution < -0.4 is 15.0 Å². The lowest BCUT2D eigenvalue weighted by molar-refractivity contribution is -0.274. The van der Waals surface area contributed by atoms with Gasteiger partial charge in [-0.15, -0.1) is 13.2 Å². The lowest BCUT2D eigenvalue weighted by Crippen LogP contribution is -2.54. The molecule has 3 rings (SSSR count). The number of rotatable bonds is 3. The van der Waals surface area contributed by atoms with Gasteiger partial charge in [-0.1, -0.05) is 29.3 Å². The molecule has 1 saturated heterocycles. The van der Waals surface area contributed by atoms with Gasteiger partial charge in [0.05, 0.1) is 10.7 Å². The molecule has 150 valence electrons. The topological polar surface area (TPSA) is 58.6 Å². The maximum atomic E-state index is 12.8. The molecule has 0 aromatic heterocycles. The minimum atomic E-state index is -4.91. The van der Waals surface area contributed by atoms with Crippen LogP contribution in [0.1, 0.15) is 5.56 Å². The van der Waals surface area contributed by atoms with Gasteiger partial charge in [0.1, 0.15) is 11.3 Å². The molecule has 2 amide bonds. The van der Waals surface area contributed by atoms with E-state index in [1.807, 2.05) is 0 Å². The Morgan fingerprint density at radius 3 is 2.31 bits per heavy atom. The fourth-order valence-corrected chi connectivity index (χ4v) is 3.10. The van der Waals surface area contributed by atoms with E-state index in [1.165, 1.54) is 12.1 Å². The fourth-order valence-electron chi connectivity index (χ4n) is 2.46. The minimum absolute atomic E-state index is 0.119. The molecule has 0 saturated carbocycles. The molecule has 1 N–H and O–H groups in total. The summed E-state index contributed by atoms with van der Waals surface area (Å²) in [7, 11) is 0. The van der Waals surface area contributed by atoms with E-state index in [2.05, 4.69) is 10.1 Å². The van der Waals surface area contributed by atoms with Crippen LogP contribution in [0.3, 0.4) is 0 Å². The first kappa shape index (κ1) is 21.1. The summed E-state index contributed by atoms with van der Waals surface area (Å²) >= 11 is 16.7. The van der Waals surface area contributed by atoms with Crippen LogP contribution >= 0.6 is 35.4 Å². The van der Waals surface area contributed by atoms with Crippen molar-refractivity contribution in [2.75, 3.05) is 4.90 Å². The number of ether oxygens (including phenoxy) is 1. The number of hydrogen-bond donors (Lipinski definition) is 1. The molecule has 2 aromatic carbocycles. The Hall–Kier alpha value is -2.62. The van der Waals surface area contributed by atoms with Gasteiger partial charge in [-0.05, 0) is 60.3 Å². The van der Waals surface area contributed by atoms with Gasteiger partial charge in [-0.25, -0.2) is 0 Å². The maximum absolute atomic E-state index is 12.8. The molecule has 0 unspecified atom stereocenters. The van der Waals surface area contributed by atoms with Crippen LogP contribution in [0.25, 0.3) is 6.08 Å². The molecule has 11 heteroatoms. The second kappa shape index (κ2) is 8.02. The van der Waals surface area contributed by atoms with Gasteiger partial charge in [0.15, 0.2) is 5.11 Å². The summed E-state index contributed by atoms with van der Waals surface area (Å²) in [4.78, 5) is 26.2. The lowest BCUT2D eigenvalue weighted by Gasteiger charge is -2.29. The van der Waals surface area contributed by atoms with Gasteiger partial charge in [0.2, 0.25) is 0 Å². The zero-order valence-corrected chi connectivity index (χ0v) is 16.4. The normalized spacial score (nSPS) is 16.2. The van der Waals surface area contributed by atoms with Gasteiger partial charge >= 0.3 is 6.36 Å². The van der Waals surface area contributed by atoms with Crippen LogP contribution in [0.2, 0.25) is 10.0 Å². The predicted molar refractivity (Wildman–Crippen MR) is 106 cm³/mol. The Balaban J connectivity index is 1.94. The Kier molecular flexibility index (Phi) is 5.83. The molecule has 1 aliphatic heterocycles. The number of amides is 2. The molecule has 0 aliphatic carbocycles. The third-order valence-electron chi connectivity index (χ3n) is 3.68. The van der Waals surface area contributed by atoms with Crippen molar-refractivity contribution < 1.29 is 27.5 Å². The van der Waals surface area contributed by atoms with Crippen LogP contribution in [0, 0.1) is 0 Å². The Bertz CT molecular complexity index is 1040. The summed E-state index contributed by atoms with van der Waals surface area (Å²) in [6.45, 7) is 0. The number of alkyl halides is 3. The molecule has 0 bridgehead atoms. The third kappa shape index (κ3) is 4.87. The first-order valence-electron chi connectivity index (χ1n) is 7.77. The molecule has 5 nitrogen and oxygen atoms in total. The number of hydrogen-bond acceptors (Lipinski definition) is 4. The average molecular weight is 461 g/mol. The smallest absolute Gasteiger partial charge is 0.404 e. The first-order chi connectivity index (χ1) is 13.5. The second-order valence-corrected chi connectivity index (χ2v) is 6.90. The van der Waals surface area contributed by atoms with E-state index in [1.54, 1.807) is 24.3 Å². The van der Waals surface area contributed by atoms with Gasteiger partial charge in [0.25, 0.3) is 11.8 Å². The summed E-state index contributed by atoms with van der Waals surface area (Å²) in [6.07, 6.45) is -3.72. The molecular weight excluding hydrogens is 452 g/mol. The zero-order valence-electron chi connectivity index (χ0n) is 14.1. The van der Waals surface area contributed by atoms with Crippen molar-refractivity contribution in [1.29, 1.82) is 0 Å². The van der Waals surface area contributed by atoms with E-state index in [9.17, 15) is 22.8 Å². The van der Waals surface area contributed by atoms with Crippen molar-refractivity contribution in [3.8, 4) is 5.75 Å². The van der Waals surface area contributed by atoms with Gasteiger partial charge in [-0.3, -0.25) is 19.8 Å². The summed E-state index contributed by atoms with van der Waals surface area (Å²) in [6, 6.07) is 9.52. The van der Waals surface area contributed by atoms with E-state index in [0.29, 0.717) is 10.7 Å². The number of thiocarbonyl (C=S) groups is 1. The Labute approximate surface area is 177 Å². The number of halogens is 5. The summed E-state index contributed by atoms with van der Waals surface area (Å²) in [5.41, 5.74) is 0.309. The monoisotopic (exact) mass is 460 g/mol. The predicted octanol–water partition coefficient (Wildman–Crippen LogP) is 4.72. The summed E-state index contributed by atoms with van der Waals surface area (Å²) in [5, 5.41) is 2.37. The van der Waals surface area contributed by atoms with Crippen molar-refractivity contribution in [2.45, 2.75) is 6.36 Å². The average Bonchev–Trinajstić information content (AvgIpc) is 2.61. The molecule has 2 aromatic rings. The van der Waals surface area contributed by atoms with Crippen LogP contribution in [0.4, 0.5) is 18.9 Å². The van der Waals surface area contributed by atoms with Crippen LogP contribution in [-0.4, -0.2) is 23.3 Å². The van der Waals surface area contributed by atoms with Crippen LogP contribution in [0.15, 0.2) is 48.0 Å². The maximum Gasteiger partial charge on any atom is 0.573 e. The number of nitrogens with zero attached hydrogens (tertiary/aromatic N) is 1. The molecule has 0 spiro atoms. The summed E-state index contributed by atoms with van der Waals surface area (Å²) < 4.78 is 40.8. The minimum Gasteiger partial charge on any atom is -0.404 e. The summed E-state index contributed by atoms with van der Waals surface area (Å²) in [5.74, 6) is -2.07. The fraction of sp³-hybridized carbons (Fsp3) is 0.0556. The molecular formula is C18H9Cl2F3N2O3S. The van der Waals surface area contributed by atoms with E-state index in [0.717, 1.165) is 17.0 Å². The number of benzene rings is 2. The molecule has 29 heavy (non-hydrogen) atoms. The van der Waals surface area contributed by atoms with Gasteiger partial charge < -0.3 is 4.74 Å². The van der Waals surface area contributed by atoms with Crippen molar-refractivity contribution in [3.05, 3.63) is 63.6 Å². The SMILES string of the molecule is O=C1NC(=S)N(c2ccc(Cl)cc2)C(=O)/C1=C/c1ccc(OC(F)(F)F)c(Cl)c1. The van der Waals surface area contributed by atoms with Crippen molar-refractivity contribution in [1.82, 2.24) is 5.32 Å². The highest BCUT2D eigenvalue weighted by atomic mass is 35.5. The number of carbonyl (C=O) groups excluding carboxylic acids is 2. The Morgan fingerprint density at radius 1 is 1.07 bits per heavy atom. The van der Waals surface area contributed by atoms with E-state index >= 15 is 0 Å². The standard InChI is InChI=1S/C18H9Cl2F3N2O3S/c19-10-2-4-11(5-3-10)25-16(27)12(15(26)24-17(25)29)7-9-1-6-14(13(20)8-9)28-18(21,22)23/h1-8H,(H,24,26,29)/b12-7+. The molecule has 1 heterocycles. The van der Waals surface area contributed by atoms with Crippen LogP contribution in [-0.2, 0) is 9.59 Å². The number of anilines is 1. The van der Waals surface area contributed by atoms with E-state index < -0.39 is 23.9 Å². The molecule has 0 atom stereocenters. The highest BCUT2D eigenvalue weighted by Crippen LogP contribution is 2.32. The largest absolute Gasteiger partial charge is 0.573 e. The van der Waals surface area contributed by atoms with E-state index in [-0.39, 0.29) is 21.3 Å². The van der Waals surface area contributed by atoms with E-state index in [4.69, 9.17) is 35.4 Å². The highest BCUT2D eigenvalue weighted by Gasteiger charge is 2.35. The second-order valence-electron chi connectivity index (χ2n) is 5.67. The molecule has 0 radical (unpaired) electrons. The van der Waals surface area contributed by atoms with Crippen molar-refractivity contribution in [3.63, 3.8) is 0 Å². The molecule has 1 aliphatic rings. The molecule has 1 fully saturated rings. The van der Waals surface area contributed by atoms with Crippen molar-refractivity contribution in [2.24, 2.45) is 0 Å².